The molecule has 0 bridgehead atoms. The van der Waals surface area contributed by atoms with Gasteiger partial charge in [0, 0.05) is 6.04 Å². The summed E-state index contributed by atoms with van der Waals surface area (Å²) in [5.74, 6) is -1.15. The van der Waals surface area contributed by atoms with Crippen LogP contribution in [0, 0.1) is 5.92 Å². The quantitative estimate of drug-likeness (QED) is 0.518. The van der Waals surface area contributed by atoms with Crippen molar-refractivity contribution < 1.29 is 9.90 Å². The van der Waals surface area contributed by atoms with Crippen LogP contribution in [-0.2, 0) is 4.79 Å². The minimum atomic E-state index is -0.781. The van der Waals surface area contributed by atoms with Gasteiger partial charge in [-0.15, -0.1) is 0 Å². The van der Waals surface area contributed by atoms with Crippen LogP contribution in [0.25, 0.3) is 0 Å². The van der Waals surface area contributed by atoms with E-state index < -0.39 is 5.97 Å². The summed E-state index contributed by atoms with van der Waals surface area (Å²) in [5, 5.41) is 8.59. The summed E-state index contributed by atoms with van der Waals surface area (Å²) >= 11 is 0. The lowest BCUT2D eigenvalue weighted by atomic mass is 9.90. The van der Waals surface area contributed by atoms with Gasteiger partial charge in [-0.2, -0.15) is 0 Å². The molecule has 1 rings (SSSR count). The van der Waals surface area contributed by atoms with Crippen molar-refractivity contribution in [2.24, 2.45) is 11.7 Å². The first-order valence-electron chi connectivity index (χ1n) is 3.35. The van der Waals surface area contributed by atoms with E-state index in [1.165, 1.54) is 0 Å². The topological polar surface area (TPSA) is 63.3 Å². The number of carboxylic acid groups (broad SMARTS) is 1. The molecule has 1 aliphatic carbocycles. The van der Waals surface area contributed by atoms with E-state index in [4.69, 9.17) is 10.8 Å². The van der Waals surface area contributed by atoms with E-state index in [0.29, 0.717) is 12.8 Å². The highest BCUT2D eigenvalue weighted by Crippen LogP contribution is 2.16. The highest BCUT2D eigenvalue weighted by atomic mass is 16.4. The number of carboxylic acids is 1. The van der Waals surface area contributed by atoms with Gasteiger partial charge in [-0.1, -0.05) is 12.2 Å². The minimum Gasteiger partial charge on any atom is -0.481 e. The Morgan fingerprint density at radius 2 is 2.10 bits per heavy atom. The molecule has 0 aromatic rings. The Labute approximate surface area is 59.5 Å². The van der Waals surface area contributed by atoms with Gasteiger partial charge in [0.1, 0.15) is 0 Å². The predicted octanol–water partition coefficient (Wildman–Crippen LogP) is 0.364. The molecule has 0 aromatic carbocycles. The summed E-state index contributed by atoms with van der Waals surface area (Å²) in [5.41, 5.74) is 5.55. The zero-order valence-electron chi connectivity index (χ0n) is 5.66. The lowest BCUT2D eigenvalue weighted by molar-refractivity contribution is -0.142. The summed E-state index contributed by atoms with van der Waals surface area (Å²) in [4.78, 5) is 10.5. The summed E-state index contributed by atoms with van der Waals surface area (Å²) < 4.78 is 0. The average molecular weight is 141 g/mol. The third-order valence-corrected chi connectivity index (χ3v) is 1.80. The monoisotopic (exact) mass is 141 g/mol. The van der Waals surface area contributed by atoms with Crippen molar-refractivity contribution in [3.05, 3.63) is 12.2 Å². The minimum absolute atomic E-state index is 0.192. The summed E-state index contributed by atoms with van der Waals surface area (Å²) in [6, 6.07) is -0.192. The molecule has 2 atom stereocenters. The highest BCUT2D eigenvalue weighted by Gasteiger charge is 2.24. The van der Waals surface area contributed by atoms with Crippen molar-refractivity contribution >= 4 is 5.97 Å². The summed E-state index contributed by atoms with van der Waals surface area (Å²) in [6.07, 6.45) is 5.08. The largest absolute Gasteiger partial charge is 0.481 e. The molecule has 0 amide bonds. The van der Waals surface area contributed by atoms with Crippen LogP contribution in [0.1, 0.15) is 12.8 Å². The zero-order valence-corrected chi connectivity index (χ0v) is 5.66. The number of hydrogen-bond donors (Lipinski definition) is 2. The van der Waals surface area contributed by atoms with Crippen LogP contribution in [0.3, 0.4) is 0 Å². The third-order valence-electron chi connectivity index (χ3n) is 1.80. The smallest absolute Gasteiger partial charge is 0.308 e. The first kappa shape index (κ1) is 7.28. The molecule has 0 fully saturated rings. The number of nitrogens with two attached hydrogens (primary N) is 1. The summed E-state index contributed by atoms with van der Waals surface area (Å²) in [7, 11) is 0. The van der Waals surface area contributed by atoms with Crippen molar-refractivity contribution in [1.29, 1.82) is 0 Å². The maximum atomic E-state index is 10.5. The molecule has 0 spiro atoms. The first-order chi connectivity index (χ1) is 4.72. The van der Waals surface area contributed by atoms with Crippen molar-refractivity contribution in [3.63, 3.8) is 0 Å². The van der Waals surface area contributed by atoms with Gasteiger partial charge in [-0.3, -0.25) is 4.79 Å². The zero-order chi connectivity index (χ0) is 7.56. The molecule has 3 nitrogen and oxygen atoms in total. The maximum Gasteiger partial charge on any atom is 0.308 e. The predicted molar refractivity (Wildman–Crippen MR) is 37.5 cm³/mol. The van der Waals surface area contributed by atoms with Gasteiger partial charge in [0.05, 0.1) is 5.92 Å². The third kappa shape index (κ3) is 1.36. The average Bonchev–Trinajstić information content (AvgIpc) is 1.88. The van der Waals surface area contributed by atoms with Crippen LogP contribution < -0.4 is 5.73 Å². The molecule has 10 heavy (non-hydrogen) atoms. The maximum absolute atomic E-state index is 10.5. The standard InChI is InChI=1S/C7H11NO2/c8-6-4-2-1-3-5(6)7(9)10/h1-2,5-6H,3-4,8H2,(H,9,10)/t5?,6-/m1/s1. The number of rotatable bonds is 1. The van der Waals surface area contributed by atoms with E-state index >= 15 is 0 Å². The lowest BCUT2D eigenvalue weighted by Gasteiger charge is -2.20. The van der Waals surface area contributed by atoms with Gasteiger partial charge in [0.2, 0.25) is 0 Å². The SMILES string of the molecule is N[C@@H]1CC=CCC1C(=O)O. The number of carbonyl (C=O) groups is 1. The van der Waals surface area contributed by atoms with Crippen molar-refractivity contribution in [2.75, 3.05) is 0 Å². The fraction of sp³-hybridized carbons (Fsp3) is 0.571. The number of aliphatic carboxylic acids is 1. The van der Waals surface area contributed by atoms with E-state index in [0.717, 1.165) is 0 Å². The molecule has 1 unspecified atom stereocenters. The van der Waals surface area contributed by atoms with Gasteiger partial charge in [0.25, 0.3) is 0 Å². The van der Waals surface area contributed by atoms with Gasteiger partial charge >= 0.3 is 5.97 Å². The van der Waals surface area contributed by atoms with Crippen molar-refractivity contribution in [3.8, 4) is 0 Å². The molecule has 0 radical (unpaired) electrons. The molecule has 56 valence electrons. The van der Waals surface area contributed by atoms with Crippen molar-refractivity contribution in [2.45, 2.75) is 18.9 Å². The molecular weight excluding hydrogens is 130 g/mol. The Morgan fingerprint density at radius 3 is 2.50 bits per heavy atom. The van der Waals surface area contributed by atoms with Crippen LogP contribution in [0.5, 0.6) is 0 Å². The second kappa shape index (κ2) is 2.84. The van der Waals surface area contributed by atoms with E-state index in [1.54, 1.807) is 0 Å². The fourth-order valence-corrected chi connectivity index (χ4v) is 1.12. The molecule has 1 aliphatic rings. The normalized spacial score (nSPS) is 32.1. The van der Waals surface area contributed by atoms with Gasteiger partial charge < -0.3 is 10.8 Å². The van der Waals surface area contributed by atoms with E-state index in [-0.39, 0.29) is 12.0 Å². The van der Waals surface area contributed by atoms with Gasteiger partial charge in [-0.05, 0) is 12.8 Å². The van der Waals surface area contributed by atoms with Gasteiger partial charge in [0.15, 0.2) is 0 Å². The second-order valence-corrected chi connectivity index (χ2v) is 2.55. The van der Waals surface area contributed by atoms with Crippen molar-refractivity contribution in [1.82, 2.24) is 0 Å². The second-order valence-electron chi connectivity index (χ2n) is 2.55. The molecule has 0 saturated carbocycles. The molecule has 0 aliphatic heterocycles. The summed E-state index contributed by atoms with van der Waals surface area (Å²) in [6.45, 7) is 0. The Hall–Kier alpha value is -0.830. The van der Waals surface area contributed by atoms with Gasteiger partial charge in [-0.25, -0.2) is 0 Å². The van der Waals surface area contributed by atoms with E-state index in [9.17, 15) is 4.79 Å². The van der Waals surface area contributed by atoms with Crippen LogP contribution >= 0.6 is 0 Å². The number of allylic oxidation sites excluding steroid dienone is 1. The molecule has 3 N–H and O–H groups in total. The Kier molecular flexibility index (Phi) is 2.06. The van der Waals surface area contributed by atoms with E-state index in [1.807, 2.05) is 12.2 Å². The van der Waals surface area contributed by atoms with Crippen LogP contribution in [-0.4, -0.2) is 17.1 Å². The van der Waals surface area contributed by atoms with Crippen LogP contribution in [0.2, 0.25) is 0 Å². The van der Waals surface area contributed by atoms with E-state index in [2.05, 4.69) is 0 Å². The fourth-order valence-electron chi connectivity index (χ4n) is 1.12. The van der Waals surface area contributed by atoms with Crippen LogP contribution in [0.4, 0.5) is 0 Å². The molecule has 0 saturated heterocycles. The highest BCUT2D eigenvalue weighted by molar-refractivity contribution is 5.71. The lowest BCUT2D eigenvalue weighted by Crippen LogP contribution is -2.36. The van der Waals surface area contributed by atoms with Crippen LogP contribution in [0.15, 0.2) is 12.2 Å². The first-order valence-corrected chi connectivity index (χ1v) is 3.35. The molecule has 0 aromatic heterocycles. The number of hydrogen-bond acceptors (Lipinski definition) is 2. The Morgan fingerprint density at radius 1 is 1.50 bits per heavy atom. The molecule has 3 heteroatoms. The molecule has 0 heterocycles. The Balaban J connectivity index is 2.59. The molecular formula is C7H11NO2. The Bertz CT molecular complexity index is 165.